The zero-order valence-electron chi connectivity index (χ0n) is 8.23. The van der Waals surface area contributed by atoms with E-state index in [1.807, 2.05) is 19.2 Å². The zero-order valence-corrected chi connectivity index (χ0v) is 9.04. The van der Waals surface area contributed by atoms with Gasteiger partial charge < -0.3 is 14.8 Å². The molecule has 76 valence electrons. The van der Waals surface area contributed by atoms with Crippen molar-refractivity contribution in [3.8, 4) is 5.75 Å². The first-order chi connectivity index (χ1) is 6.67. The summed E-state index contributed by atoms with van der Waals surface area (Å²) in [6, 6.07) is 5.24. The standard InChI is InChI=1S/C9H13BO3S/c1-3-13-8-4-7(10(11)12)5-9(6-8)14-2/h4-6,11-12H,3H2,1-2H3. The van der Waals surface area contributed by atoms with E-state index in [2.05, 4.69) is 0 Å². The van der Waals surface area contributed by atoms with E-state index in [-0.39, 0.29) is 0 Å². The summed E-state index contributed by atoms with van der Waals surface area (Å²) in [6.45, 7) is 2.46. The highest BCUT2D eigenvalue weighted by Crippen LogP contribution is 2.19. The van der Waals surface area contributed by atoms with Gasteiger partial charge in [0.05, 0.1) is 6.61 Å². The molecule has 1 aromatic rings. The molecule has 0 amide bonds. The van der Waals surface area contributed by atoms with Gasteiger partial charge in [-0.2, -0.15) is 0 Å². The van der Waals surface area contributed by atoms with Crippen LogP contribution in [0.4, 0.5) is 0 Å². The summed E-state index contributed by atoms with van der Waals surface area (Å²) in [7, 11) is -1.44. The Morgan fingerprint density at radius 3 is 2.57 bits per heavy atom. The number of rotatable bonds is 4. The number of hydrogen-bond donors (Lipinski definition) is 2. The van der Waals surface area contributed by atoms with Crippen molar-refractivity contribution in [2.75, 3.05) is 12.9 Å². The van der Waals surface area contributed by atoms with E-state index in [0.717, 1.165) is 4.90 Å². The largest absolute Gasteiger partial charge is 0.494 e. The Balaban J connectivity index is 3.00. The molecule has 0 fully saturated rings. The summed E-state index contributed by atoms with van der Waals surface area (Å²) in [4.78, 5) is 0.957. The minimum Gasteiger partial charge on any atom is -0.494 e. The highest BCUT2D eigenvalue weighted by molar-refractivity contribution is 7.98. The zero-order chi connectivity index (χ0) is 10.6. The van der Waals surface area contributed by atoms with Crippen LogP contribution in [-0.4, -0.2) is 30.0 Å². The third-order valence-corrected chi connectivity index (χ3v) is 2.45. The second-order valence-corrected chi connectivity index (χ2v) is 3.63. The van der Waals surface area contributed by atoms with Crippen LogP contribution in [0, 0.1) is 0 Å². The fourth-order valence-corrected chi connectivity index (χ4v) is 1.60. The molecule has 0 unspecified atom stereocenters. The first kappa shape index (κ1) is 11.4. The van der Waals surface area contributed by atoms with Crippen molar-refractivity contribution in [3.63, 3.8) is 0 Å². The maximum atomic E-state index is 9.03. The van der Waals surface area contributed by atoms with Crippen LogP contribution in [0.1, 0.15) is 6.92 Å². The van der Waals surface area contributed by atoms with Crippen LogP contribution in [0.25, 0.3) is 0 Å². The van der Waals surface area contributed by atoms with Crippen molar-refractivity contribution >= 4 is 24.3 Å². The Kier molecular flexibility index (Phi) is 4.32. The molecule has 0 bridgehead atoms. The van der Waals surface area contributed by atoms with Crippen LogP contribution in [0.5, 0.6) is 5.75 Å². The van der Waals surface area contributed by atoms with Gasteiger partial charge in [-0.25, -0.2) is 0 Å². The van der Waals surface area contributed by atoms with E-state index in [4.69, 9.17) is 14.8 Å². The van der Waals surface area contributed by atoms with Gasteiger partial charge in [-0.3, -0.25) is 0 Å². The maximum absolute atomic E-state index is 9.03. The lowest BCUT2D eigenvalue weighted by atomic mass is 9.80. The molecule has 3 nitrogen and oxygen atoms in total. The third-order valence-electron chi connectivity index (χ3n) is 1.75. The van der Waals surface area contributed by atoms with Gasteiger partial charge in [0, 0.05) is 4.90 Å². The SMILES string of the molecule is CCOc1cc(SC)cc(B(O)O)c1. The molecule has 0 aliphatic carbocycles. The average Bonchev–Trinajstić information content (AvgIpc) is 2.17. The molecular weight excluding hydrogens is 199 g/mol. The lowest BCUT2D eigenvalue weighted by molar-refractivity contribution is 0.339. The number of ether oxygens (including phenoxy) is 1. The number of benzene rings is 1. The topological polar surface area (TPSA) is 49.7 Å². The molecule has 0 aromatic heterocycles. The van der Waals surface area contributed by atoms with Crippen molar-refractivity contribution in [1.29, 1.82) is 0 Å². The molecule has 2 N–H and O–H groups in total. The molecule has 5 heteroatoms. The molecule has 0 aliphatic rings. The second-order valence-electron chi connectivity index (χ2n) is 2.75. The predicted octanol–water partition coefficient (Wildman–Crippen LogP) is 0.487. The Labute approximate surface area is 88.2 Å². The third kappa shape index (κ3) is 2.94. The highest BCUT2D eigenvalue weighted by Gasteiger charge is 2.13. The average molecular weight is 212 g/mol. The Hall–Kier alpha value is -0.645. The van der Waals surface area contributed by atoms with Gasteiger partial charge in [0.25, 0.3) is 0 Å². The summed E-state index contributed by atoms with van der Waals surface area (Å²) < 4.78 is 5.30. The van der Waals surface area contributed by atoms with Crippen molar-refractivity contribution in [3.05, 3.63) is 18.2 Å². The van der Waals surface area contributed by atoms with Gasteiger partial charge >= 0.3 is 7.12 Å². The molecule has 1 aromatic carbocycles. The Morgan fingerprint density at radius 1 is 1.36 bits per heavy atom. The Bertz CT molecular complexity index is 304. The van der Waals surface area contributed by atoms with Gasteiger partial charge in [0.2, 0.25) is 0 Å². The molecule has 0 atom stereocenters. The van der Waals surface area contributed by atoms with E-state index in [1.165, 1.54) is 11.8 Å². The van der Waals surface area contributed by atoms with Crippen LogP contribution < -0.4 is 10.2 Å². The maximum Gasteiger partial charge on any atom is 0.488 e. The first-order valence-corrected chi connectivity index (χ1v) is 5.57. The second kappa shape index (κ2) is 5.29. The molecule has 0 aliphatic heterocycles. The Morgan fingerprint density at radius 2 is 2.07 bits per heavy atom. The minimum atomic E-state index is -1.44. The molecule has 0 saturated carbocycles. The predicted molar refractivity (Wildman–Crippen MR) is 59.2 cm³/mol. The molecule has 0 saturated heterocycles. The van der Waals surface area contributed by atoms with Gasteiger partial charge in [-0.15, -0.1) is 11.8 Å². The fraction of sp³-hybridized carbons (Fsp3) is 0.333. The van der Waals surface area contributed by atoms with E-state index in [9.17, 15) is 0 Å². The van der Waals surface area contributed by atoms with Crippen molar-refractivity contribution in [2.45, 2.75) is 11.8 Å². The van der Waals surface area contributed by atoms with Crippen molar-refractivity contribution in [1.82, 2.24) is 0 Å². The molecule has 0 spiro atoms. The minimum absolute atomic E-state index is 0.459. The number of hydrogen-bond acceptors (Lipinski definition) is 4. The summed E-state index contributed by atoms with van der Waals surface area (Å²) in [5.41, 5.74) is 0.459. The van der Waals surface area contributed by atoms with E-state index < -0.39 is 7.12 Å². The van der Waals surface area contributed by atoms with Crippen LogP contribution >= 0.6 is 11.8 Å². The summed E-state index contributed by atoms with van der Waals surface area (Å²) in [5.74, 6) is 0.669. The van der Waals surface area contributed by atoms with E-state index >= 15 is 0 Å². The molecule has 0 heterocycles. The smallest absolute Gasteiger partial charge is 0.488 e. The fourth-order valence-electron chi connectivity index (χ4n) is 1.11. The van der Waals surface area contributed by atoms with Crippen molar-refractivity contribution < 1.29 is 14.8 Å². The number of thioether (sulfide) groups is 1. The van der Waals surface area contributed by atoms with Crippen LogP contribution in [0.2, 0.25) is 0 Å². The summed E-state index contributed by atoms with van der Waals surface area (Å²) in [6.07, 6.45) is 1.93. The molecule has 14 heavy (non-hydrogen) atoms. The van der Waals surface area contributed by atoms with Gasteiger partial charge in [0.1, 0.15) is 5.75 Å². The van der Waals surface area contributed by atoms with Crippen molar-refractivity contribution in [2.24, 2.45) is 0 Å². The highest BCUT2D eigenvalue weighted by atomic mass is 32.2. The van der Waals surface area contributed by atoms with Gasteiger partial charge in [-0.05, 0) is 36.8 Å². The van der Waals surface area contributed by atoms with E-state index in [0.29, 0.717) is 17.8 Å². The van der Waals surface area contributed by atoms with Crippen LogP contribution in [0.3, 0.4) is 0 Å². The normalized spacial score (nSPS) is 10.0. The summed E-state index contributed by atoms with van der Waals surface area (Å²) >= 11 is 1.54. The monoisotopic (exact) mass is 212 g/mol. The van der Waals surface area contributed by atoms with Gasteiger partial charge in [0.15, 0.2) is 0 Å². The molecule has 1 rings (SSSR count). The lowest BCUT2D eigenvalue weighted by Crippen LogP contribution is -2.29. The molecule has 0 radical (unpaired) electrons. The summed E-state index contributed by atoms with van der Waals surface area (Å²) in [5, 5.41) is 18.1. The van der Waals surface area contributed by atoms with Crippen LogP contribution in [-0.2, 0) is 0 Å². The van der Waals surface area contributed by atoms with Gasteiger partial charge in [-0.1, -0.05) is 0 Å². The lowest BCUT2D eigenvalue weighted by Gasteiger charge is -2.08. The van der Waals surface area contributed by atoms with Crippen LogP contribution in [0.15, 0.2) is 23.1 Å². The first-order valence-electron chi connectivity index (χ1n) is 4.35. The van der Waals surface area contributed by atoms with E-state index in [1.54, 1.807) is 12.1 Å². The molecular formula is C9H13BO3S. The quantitative estimate of drug-likeness (QED) is 0.563.